The number of anilines is 1. The highest BCUT2D eigenvalue weighted by atomic mass is 35.5. The molecule has 1 unspecified atom stereocenters. The number of carbonyl (C=O) groups excluding carboxylic acids is 1. The Morgan fingerprint density at radius 2 is 1.87 bits per heavy atom. The van der Waals surface area contributed by atoms with Gasteiger partial charge in [-0.1, -0.05) is 47.0 Å². The summed E-state index contributed by atoms with van der Waals surface area (Å²) in [7, 11) is 0. The molecule has 158 valence electrons. The van der Waals surface area contributed by atoms with Crippen LogP contribution in [0.25, 0.3) is 0 Å². The fourth-order valence-electron chi connectivity index (χ4n) is 3.30. The molecular formula is C22H24Cl2N4O2. The minimum absolute atomic E-state index is 0.113. The van der Waals surface area contributed by atoms with Crippen LogP contribution in [0.5, 0.6) is 0 Å². The highest BCUT2D eigenvalue weighted by Gasteiger charge is 2.29. The molecule has 0 radical (unpaired) electrons. The molecule has 1 aliphatic rings. The first-order chi connectivity index (χ1) is 14.5. The minimum atomic E-state index is -0.454. The first-order valence-electron chi connectivity index (χ1n) is 9.65. The maximum absolute atomic E-state index is 13.2. The van der Waals surface area contributed by atoms with Gasteiger partial charge in [0, 0.05) is 31.9 Å². The van der Waals surface area contributed by atoms with E-state index in [2.05, 4.69) is 27.1 Å². The molecule has 30 heavy (non-hydrogen) atoms. The van der Waals surface area contributed by atoms with Crippen molar-refractivity contribution in [1.82, 2.24) is 4.90 Å². The number of nitrogens with one attached hydrogen (secondary N) is 1. The highest BCUT2D eigenvalue weighted by molar-refractivity contribution is 6.42. The van der Waals surface area contributed by atoms with Crippen molar-refractivity contribution in [2.45, 2.75) is 19.4 Å². The number of hydrogen-bond donors (Lipinski definition) is 1. The molecule has 2 aromatic rings. The Morgan fingerprint density at radius 1 is 1.17 bits per heavy atom. The van der Waals surface area contributed by atoms with Gasteiger partial charge in [0.2, 0.25) is 5.91 Å². The van der Waals surface area contributed by atoms with Crippen LogP contribution in [0.1, 0.15) is 17.5 Å². The second-order valence-electron chi connectivity index (χ2n) is 7.04. The van der Waals surface area contributed by atoms with Crippen LogP contribution in [-0.4, -0.2) is 55.6 Å². The van der Waals surface area contributed by atoms with Crippen molar-refractivity contribution >= 4 is 47.2 Å². The Hall–Kier alpha value is -2.25. The summed E-state index contributed by atoms with van der Waals surface area (Å²) in [4.78, 5) is 15.3. The number of aryl methyl sites for hydroxylation is 1. The fourth-order valence-corrected chi connectivity index (χ4v) is 3.60. The third-order valence-electron chi connectivity index (χ3n) is 4.94. The quantitative estimate of drug-likeness (QED) is 0.504. The van der Waals surface area contributed by atoms with E-state index in [1.807, 2.05) is 37.3 Å². The van der Waals surface area contributed by atoms with Crippen LogP contribution < -0.4 is 5.32 Å². The number of rotatable bonds is 7. The highest BCUT2D eigenvalue weighted by Crippen LogP contribution is 2.25. The van der Waals surface area contributed by atoms with Gasteiger partial charge in [0.25, 0.3) is 0 Å². The monoisotopic (exact) mass is 446 g/mol. The Bertz CT molecular complexity index is 925. The molecule has 1 heterocycles. The lowest BCUT2D eigenvalue weighted by Crippen LogP contribution is -2.50. The average Bonchev–Trinajstić information content (AvgIpc) is 2.75. The molecule has 1 fully saturated rings. The van der Waals surface area contributed by atoms with Crippen molar-refractivity contribution in [1.29, 1.82) is 0 Å². The third kappa shape index (κ3) is 5.89. The van der Waals surface area contributed by atoms with Crippen LogP contribution in [0.3, 0.4) is 0 Å². The van der Waals surface area contributed by atoms with Crippen molar-refractivity contribution in [3.05, 3.63) is 63.6 Å². The number of amides is 1. The van der Waals surface area contributed by atoms with E-state index < -0.39 is 6.04 Å². The number of hydrogen-bond acceptors (Lipinski definition) is 5. The van der Waals surface area contributed by atoms with Gasteiger partial charge in [-0.3, -0.25) is 9.69 Å². The summed E-state index contributed by atoms with van der Waals surface area (Å²) in [5.74, 6) is -0.113. The lowest BCUT2D eigenvalue weighted by atomic mass is 10.0. The molecular weight excluding hydrogens is 423 g/mol. The minimum Gasteiger partial charge on any atom is -0.379 e. The normalized spacial score (nSPS) is 16.2. The molecule has 0 bridgehead atoms. The van der Waals surface area contributed by atoms with Crippen LogP contribution in [0.15, 0.2) is 52.7 Å². The summed E-state index contributed by atoms with van der Waals surface area (Å²) in [6, 6.07) is 12.5. The van der Waals surface area contributed by atoms with Gasteiger partial charge in [-0.25, -0.2) is 0 Å². The van der Waals surface area contributed by atoms with Crippen molar-refractivity contribution in [2.75, 3.05) is 31.6 Å². The van der Waals surface area contributed by atoms with Gasteiger partial charge in [0.1, 0.15) is 0 Å². The molecule has 1 N–H and O–H groups in total. The zero-order chi connectivity index (χ0) is 21.5. The Balaban J connectivity index is 1.86. The van der Waals surface area contributed by atoms with Gasteiger partial charge in [0.05, 0.1) is 35.0 Å². The smallest absolute Gasteiger partial charge is 0.242 e. The van der Waals surface area contributed by atoms with Crippen LogP contribution in [0, 0.1) is 6.92 Å². The summed E-state index contributed by atoms with van der Waals surface area (Å²) in [5, 5.41) is 11.8. The second-order valence-corrected chi connectivity index (χ2v) is 7.85. The number of ether oxygens (including phenoxy) is 1. The first-order valence-corrected chi connectivity index (χ1v) is 10.4. The molecule has 2 aromatic carbocycles. The lowest BCUT2D eigenvalue weighted by Gasteiger charge is -2.33. The van der Waals surface area contributed by atoms with Crippen molar-refractivity contribution in [3.8, 4) is 0 Å². The second kappa shape index (κ2) is 10.7. The molecule has 0 aliphatic carbocycles. The SMILES string of the molecule is C=N/N=C(\CC(C(=O)Nc1ccc(C)cc1)N1CCOCC1)c1ccc(Cl)c(Cl)c1. The molecule has 0 saturated carbocycles. The predicted octanol–water partition coefficient (Wildman–Crippen LogP) is 4.44. The third-order valence-corrected chi connectivity index (χ3v) is 5.68. The van der Waals surface area contributed by atoms with E-state index in [0.29, 0.717) is 48.5 Å². The Kier molecular flexibility index (Phi) is 7.99. The largest absolute Gasteiger partial charge is 0.379 e. The Morgan fingerprint density at radius 3 is 2.50 bits per heavy atom. The molecule has 1 atom stereocenters. The van der Waals surface area contributed by atoms with E-state index in [4.69, 9.17) is 27.9 Å². The van der Waals surface area contributed by atoms with Gasteiger partial charge in [-0.15, -0.1) is 0 Å². The van der Waals surface area contributed by atoms with Crippen LogP contribution in [-0.2, 0) is 9.53 Å². The van der Waals surface area contributed by atoms with E-state index in [1.165, 1.54) is 0 Å². The number of nitrogens with zero attached hydrogens (tertiary/aromatic N) is 3. The molecule has 6 nitrogen and oxygen atoms in total. The summed E-state index contributed by atoms with van der Waals surface area (Å²) in [5.41, 5.74) is 3.24. The summed E-state index contributed by atoms with van der Waals surface area (Å²) in [6.07, 6.45) is 0.342. The Labute approximate surface area is 186 Å². The summed E-state index contributed by atoms with van der Waals surface area (Å²) in [6.45, 7) is 7.94. The van der Waals surface area contributed by atoms with E-state index >= 15 is 0 Å². The van der Waals surface area contributed by atoms with Crippen LogP contribution >= 0.6 is 23.2 Å². The molecule has 8 heteroatoms. The van der Waals surface area contributed by atoms with E-state index in [1.54, 1.807) is 12.1 Å². The molecule has 1 aliphatic heterocycles. The zero-order valence-corrected chi connectivity index (χ0v) is 18.3. The van der Waals surface area contributed by atoms with E-state index in [-0.39, 0.29) is 5.91 Å². The number of carbonyl (C=O) groups is 1. The van der Waals surface area contributed by atoms with E-state index in [0.717, 1.165) is 16.8 Å². The van der Waals surface area contributed by atoms with E-state index in [9.17, 15) is 4.79 Å². The van der Waals surface area contributed by atoms with Gasteiger partial charge in [-0.05, 0) is 36.8 Å². The number of benzene rings is 2. The van der Waals surface area contributed by atoms with Gasteiger partial charge >= 0.3 is 0 Å². The number of halogens is 2. The van der Waals surface area contributed by atoms with Crippen LogP contribution in [0.4, 0.5) is 5.69 Å². The number of morpholine rings is 1. The summed E-state index contributed by atoms with van der Waals surface area (Å²) >= 11 is 12.2. The zero-order valence-electron chi connectivity index (χ0n) is 16.8. The molecule has 1 saturated heterocycles. The molecule has 0 aromatic heterocycles. The average molecular weight is 447 g/mol. The predicted molar refractivity (Wildman–Crippen MR) is 123 cm³/mol. The lowest BCUT2D eigenvalue weighted by molar-refractivity contribution is -0.122. The topological polar surface area (TPSA) is 66.3 Å². The maximum Gasteiger partial charge on any atom is 0.242 e. The van der Waals surface area contributed by atoms with Gasteiger partial charge in [-0.2, -0.15) is 10.2 Å². The van der Waals surface area contributed by atoms with Crippen molar-refractivity contribution < 1.29 is 9.53 Å². The molecule has 0 spiro atoms. The van der Waals surface area contributed by atoms with Crippen molar-refractivity contribution in [3.63, 3.8) is 0 Å². The van der Waals surface area contributed by atoms with Gasteiger partial charge in [0.15, 0.2) is 0 Å². The fraction of sp³-hybridized carbons (Fsp3) is 0.318. The van der Waals surface area contributed by atoms with Gasteiger partial charge < -0.3 is 10.1 Å². The summed E-state index contributed by atoms with van der Waals surface area (Å²) < 4.78 is 5.46. The van der Waals surface area contributed by atoms with Crippen molar-refractivity contribution in [2.24, 2.45) is 10.2 Å². The molecule has 1 amide bonds. The maximum atomic E-state index is 13.2. The standard InChI is InChI=1S/C22H24Cl2N4O2/c1-15-3-6-17(7-4-15)26-22(29)21(28-9-11-30-12-10-28)14-20(27-25-2)16-5-8-18(23)19(24)13-16/h3-8,13,21H,2,9-12,14H2,1H3,(H,26,29)/b27-20+. The van der Waals surface area contributed by atoms with Crippen LogP contribution in [0.2, 0.25) is 10.0 Å². The molecule has 3 rings (SSSR count). The first kappa shape index (κ1) is 22.4.